The molecule has 0 unspecified atom stereocenters. The van der Waals surface area contributed by atoms with Gasteiger partial charge in [-0.1, -0.05) is 0 Å². The topological polar surface area (TPSA) is 23.5 Å². The lowest BCUT2D eigenvalue weighted by molar-refractivity contribution is 0.00191. The minimum absolute atomic E-state index is 0.403. The van der Waals surface area contributed by atoms with Crippen LogP contribution in [0.4, 0.5) is 0 Å². The van der Waals surface area contributed by atoms with Gasteiger partial charge in [-0.15, -0.1) is 0 Å². The van der Waals surface area contributed by atoms with Gasteiger partial charge in [-0.3, -0.25) is 4.90 Å². The molecule has 1 aliphatic heterocycles. The van der Waals surface area contributed by atoms with Gasteiger partial charge in [-0.25, -0.2) is 0 Å². The van der Waals surface area contributed by atoms with Crippen LogP contribution in [0.2, 0.25) is 0 Å². The molecular weight excluding hydrogens is 126 g/mol. The zero-order chi connectivity index (χ0) is 7.61. The highest BCUT2D eigenvalue weighted by Crippen LogP contribution is 2.21. The fraction of sp³-hybridized carbons (Fsp3) is 0.875. The summed E-state index contributed by atoms with van der Waals surface area (Å²) in [5.41, 5.74) is -0.403. The molecule has 1 fully saturated rings. The van der Waals surface area contributed by atoms with Crippen molar-refractivity contribution in [1.29, 1.82) is 0 Å². The lowest BCUT2D eigenvalue weighted by Gasteiger charge is -2.34. The van der Waals surface area contributed by atoms with E-state index in [1.54, 1.807) is 0 Å². The molecular formula is C8H16NO. The summed E-state index contributed by atoms with van der Waals surface area (Å²) in [6.07, 6.45) is 1.80. The van der Waals surface area contributed by atoms with Crippen LogP contribution < -0.4 is 0 Å². The highest BCUT2D eigenvalue weighted by molar-refractivity contribution is 4.83. The Kier molecular flexibility index (Phi) is 2.32. The van der Waals surface area contributed by atoms with Gasteiger partial charge >= 0.3 is 0 Å². The quantitative estimate of drug-likeness (QED) is 0.590. The normalized spacial score (nSPS) is 26.7. The first-order chi connectivity index (χ1) is 4.64. The predicted octanol–water partition coefficient (Wildman–Crippen LogP) is 1.01. The van der Waals surface area contributed by atoms with Gasteiger partial charge in [-0.05, 0) is 26.7 Å². The molecule has 0 amide bonds. The Hall–Kier alpha value is -0.0800. The van der Waals surface area contributed by atoms with E-state index in [1.807, 2.05) is 13.8 Å². The van der Waals surface area contributed by atoms with E-state index in [0.717, 1.165) is 25.9 Å². The van der Waals surface area contributed by atoms with E-state index in [4.69, 9.17) is 0 Å². The van der Waals surface area contributed by atoms with Crippen LogP contribution in [0.15, 0.2) is 0 Å². The summed E-state index contributed by atoms with van der Waals surface area (Å²) >= 11 is 0. The van der Waals surface area contributed by atoms with Gasteiger partial charge in [0.15, 0.2) is 0 Å². The van der Waals surface area contributed by atoms with E-state index in [9.17, 15) is 5.11 Å². The van der Waals surface area contributed by atoms with Crippen LogP contribution >= 0.6 is 0 Å². The average Bonchev–Trinajstić information content (AvgIpc) is 1.88. The van der Waals surface area contributed by atoms with Crippen molar-refractivity contribution < 1.29 is 5.11 Å². The van der Waals surface area contributed by atoms with Crippen LogP contribution in [0.3, 0.4) is 0 Å². The molecule has 0 aromatic heterocycles. The van der Waals surface area contributed by atoms with Gasteiger partial charge in [0.2, 0.25) is 0 Å². The fourth-order valence-electron chi connectivity index (χ4n) is 1.26. The lowest BCUT2D eigenvalue weighted by Crippen LogP contribution is -2.40. The Morgan fingerprint density at radius 1 is 1.40 bits per heavy atom. The standard InChI is InChI=1S/C8H16NO/c1-3-9-6-4-8(2,10)5-7-9/h3,10H,4-7H2,1-2H3. The van der Waals surface area contributed by atoms with Gasteiger partial charge in [0.1, 0.15) is 0 Å². The maximum atomic E-state index is 9.55. The first-order valence-corrected chi connectivity index (χ1v) is 3.90. The molecule has 1 heterocycles. The van der Waals surface area contributed by atoms with E-state index >= 15 is 0 Å². The minimum Gasteiger partial charge on any atom is -0.390 e. The SMILES string of the molecule is C[CH]N1CCC(C)(O)CC1. The van der Waals surface area contributed by atoms with Crippen molar-refractivity contribution in [2.24, 2.45) is 0 Å². The monoisotopic (exact) mass is 142 g/mol. The summed E-state index contributed by atoms with van der Waals surface area (Å²) in [5, 5.41) is 9.55. The van der Waals surface area contributed by atoms with Crippen LogP contribution in [-0.2, 0) is 0 Å². The zero-order valence-electron chi connectivity index (χ0n) is 6.80. The molecule has 0 bridgehead atoms. The lowest BCUT2D eigenvalue weighted by atomic mass is 9.94. The Balaban J connectivity index is 2.31. The van der Waals surface area contributed by atoms with E-state index in [2.05, 4.69) is 11.4 Å². The number of rotatable bonds is 1. The number of hydrogen-bond donors (Lipinski definition) is 1. The largest absolute Gasteiger partial charge is 0.390 e. The Morgan fingerprint density at radius 3 is 2.30 bits per heavy atom. The van der Waals surface area contributed by atoms with Crippen LogP contribution in [0.1, 0.15) is 26.7 Å². The molecule has 1 N–H and O–H groups in total. The zero-order valence-corrected chi connectivity index (χ0v) is 6.80. The van der Waals surface area contributed by atoms with E-state index < -0.39 is 5.60 Å². The highest BCUT2D eigenvalue weighted by Gasteiger charge is 2.26. The summed E-state index contributed by atoms with van der Waals surface area (Å²) < 4.78 is 0. The van der Waals surface area contributed by atoms with E-state index in [1.165, 1.54) is 0 Å². The summed E-state index contributed by atoms with van der Waals surface area (Å²) in [5.74, 6) is 0. The molecule has 0 saturated carbocycles. The van der Waals surface area contributed by atoms with Crippen molar-refractivity contribution in [3.8, 4) is 0 Å². The van der Waals surface area contributed by atoms with Gasteiger partial charge in [0.05, 0.1) is 5.60 Å². The number of piperidine rings is 1. The van der Waals surface area contributed by atoms with Gasteiger partial charge in [-0.2, -0.15) is 0 Å². The maximum Gasteiger partial charge on any atom is 0.0644 e. The van der Waals surface area contributed by atoms with Gasteiger partial charge in [0, 0.05) is 19.6 Å². The summed E-state index contributed by atoms with van der Waals surface area (Å²) in [6, 6.07) is 0. The van der Waals surface area contributed by atoms with Gasteiger partial charge in [0.25, 0.3) is 0 Å². The molecule has 1 saturated heterocycles. The molecule has 10 heavy (non-hydrogen) atoms. The Labute approximate surface area is 62.8 Å². The Bertz CT molecular complexity index is 102. The molecule has 0 atom stereocenters. The van der Waals surface area contributed by atoms with Crippen LogP contribution in [0.25, 0.3) is 0 Å². The number of hydrogen-bond acceptors (Lipinski definition) is 2. The number of nitrogens with zero attached hydrogens (tertiary/aromatic N) is 1. The predicted molar refractivity (Wildman–Crippen MR) is 41.4 cm³/mol. The molecule has 1 radical (unpaired) electrons. The second kappa shape index (κ2) is 2.89. The van der Waals surface area contributed by atoms with Crippen molar-refractivity contribution >= 4 is 0 Å². The molecule has 1 aliphatic rings. The molecule has 2 nitrogen and oxygen atoms in total. The van der Waals surface area contributed by atoms with E-state index in [-0.39, 0.29) is 0 Å². The second-order valence-corrected chi connectivity index (χ2v) is 3.29. The Morgan fingerprint density at radius 2 is 1.90 bits per heavy atom. The van der Waals surface area contributed by atoms with Crippen molar-refractivity contribution in [3.63, 3.8) is 0 Å². The first kappa shape index (κ1) is 8.02. The molecule has 0 aromatic rings. The molecule has 1 rings (SSSR count). The third-order valence-corrected chi connectivity index (χ3v) is 2.24. The van der Waals surface area contributed by atoms with Crippen molar-refractivity contribution in [3.05, 3.63) is 6.54 Å². The molecule has 0 aromatic carbocycles. The highest BCUT2D eigenvalue weighted by atomic mass is 16.3. The van der Waals surface area contributed by atoms with Crippen molar-refractivity contribution in [2.45, 2.75) is 32.3 Å². The third-order valence-electron chi connectivity index (χ3n) is 2.24. The molecule has 2 heteroatoms. The third kappa shape index (κ3) is 1.96. The fourth-order valence-corrected chi connectivity index (χ4v) is 1.26. The van der Waals surface area contributed by atoms with Gasteiger partial charge < -0.3 is 5.11 Å². The van der Waals surface area contributed by atoms with Crippen LogP contribution in [-0.4, -0.2) is 28.7 Å². The smallest absolute Gasteiger partial charge is 0.0644 e. The first-order valence-electron chi connectivity index (χ1n) is 3.90. The number of aliphatic hydroxyl groups is 1. The molecule has 59 valence electrons. The van der Waals surface area contributed by atoms with Crippen LogP contribution in [0.5, 0.6) is 0 Å². The van der Waals surface area contributed by atoms with E-state index in [0.29, 0.717) is 0 Å². The maximum absolute atomic E-state index is 9.55. The summed E-state index contributed by atoms with van der Waals surface area (Å²) in [7, 11) is 0. The van der Waals surface area contributed by atoms with Crippen LogP contribution in [0, 0.1) is 6.54 Å². The molecule has 0 aliphatic carbocycles. The summed E-state index contributed by atoms with van der Waals surface area (Å²) in [4.78, 5) is 2.25. The minimum atomic E-state index is -0.403. The van der Waals surface area contributed by atoms with Crippen molar-refractivity contribution in [1.82, 2.24) is 4.90 Å². The molecule has 0 spiro atoms. The number of likely N-dealkylation sites (tertiary alicyclic amines) is 1. The van der Waals surface area contributed by atoms with Crippen molar-refractivity contribution in [2.75, 3.05) is 13.1 Å². The summed E-state index contributed by atoms with van der Waals surface area (Å²) in [6.45, 7) is 8.06. The average molecular weight is 142 g/mol. The second-order valence-electron chi connectivity index (χ2n) is 3.29.